The van der Waals surface area contributed by atoms with Crippen molar-refractivity contribution in [1.29, 1.82) is 0 Å². The molecular formula is C17H13BrN2O3. The zero-order valence-corrected chi connectivity index (χ0v) is 13.6. The van der Waals surface area contributed by atoms with Crippen LogP contribution >= 0.6 is 15.9 Å². The van der Waals surface area contributed by atoms with E-state index in [1.54, 1.807) is 24.3 Å². The number of benzene rings is 2. The normalized spacial score (nSPS) is 17.1. The third-order valence-electron chi connectivity index (χ3n) is 3.80. The fourth-order valence-electron chi connectivity index (χ4n) is 2.67. The Bertz CT molecular complexity index is 802. The number of fused-ring (bicyclic) bond motifs is 1. The molecule has 6 heteroatoms. The molecular weight excluding hydrogens is 360 g/mol. The summed E-state index contributed by atoms with van der Waals surface area (Å²) in [5, 5.41) is 0. The molecule has 0 aliphatic carbocycles. The van der Waals surface area contributed by atoms with Crippen molar-refractivity contribution in [3.63, 3.8) is 0 Å². The van der Waals surface area contributed by atoms with E-state index in [-0.39, 0.29) is 6.54 Å². The van der Waals surface area contributed by atoms with Gasteiger partial charge >= 0.3 is 0 Å². The van der Waals surface area contributed by atoms with Gasteiger partial charge in [0.15, 0.2) is 0 Å². The van der Waals surface area contributed by atoms with Gasteiger partial charge in [-0.25, -0.2) is 0 Å². The molecule has 0 saturated heterocycles. The summed E-state index contributed by atoms with van der Waals surface area (Å²) in [6.07, 6.45) is 0. The Kier molecular flexibility index (Phi) is 4.00. The van der Waals surface area contributed by atoms with Gasteiger partial charge in [0.25, 0.3) is 5.91 Å². The molecule has 23 heavy (non-hydrogen) atoms. The highest BCUT2D eigenvalue weighted by Gasteiger charge is 2.41. The minimum Gasteiger partial charge on any atom is -0.369 e. The number of amides is 3. The summed E-state index contributed by atoms with van der Waals surface area (Å²) < 4.78 is 0.901. The molecule has 0 fully saturated rings. The van der Waals surface area contributed by atoms with Gasteiger partial charge in [-0.1, -0.05) is 46.3 Å². The molecule has 0 bridgehead atoms. The first-order valence-electron chi connectivity index (χ1n) is 6.97. The molecule has 1 heterocycles. The first kappa shape index (κ1) is 15.4. The Morgan fingerprint density at radius 3 is 2.39 bits per heavy atom. The number of nitrogens with two attached hydrogens (primary N) is 1. The number of hydrogen-bond donors (Lipinski definition) is 1. The zero-order chi connectivity index (χ0) is 16.6. The molecule has 2 aromatic carbocycles. The summed E-state index contributed by atoms with van der Waals surface area (Å²) in [6.45, 7) is 0.100. The second-order valence-electron chi connectivity index (χ2n) is 5.28. The SMILES string of the molecule is NC(=O)C1C(=O)N(Cc2ccc(Br)cc2)C(=O)c2ccccc21. The third-order valence-corrected chi connectivity index (χ3v) is 4.33. The number of hydrogen-bond acceptors (Lipinski definition) is 3. The van der Waals surface area contributed by atoms with Gasteiger partial charge < -0.3 is 5.73 Å². The van der Waals surface area contributed by atoms with Crippen LogP contribution in [0.25, 0.3) is 0 Å². The summed E-state index contributed by atoms with van der Waals surface area (Å²) in [5.74, 6) is -2.87. The summed E-state index contributed by atoms with van der Waals surface area (Å²) in [5.41, 5.74) is 6.90. The number of imide groups is 1. The Morgan fingerprint density at radius 2 is 1.74 bits per heavy atom. The van der Waals surface area contributed by atoms with Crippen molar-refractivity contribution < 1.29 is 14.4 Å². The first-order chi connectivity index (χ1) is 11.0. The number of primary amides is 1. The van der Waals surface area contributed by atoms with E-state index in [4.69, 9.17) is 5.73 Å². The van der Waals surface area contributed by atoms with Crippen LogP contribution in [0.15, 0.2) is 53.0 Å². The van der Waals surface area contributed by atoms with E-state index in [0.29, 0.717) is 11.1 Å². The van der Waals surface area contributed by atoms with Gasteiger partial charge in [-0.2, -0.15) is 0 Å². The molecule has 2 N–H and O–H groups in total. The van der Waals surface area contributed by atoms with Crippen molar-refractivity contribution in [2.45, 2.75) is 12.5 Å². The molecule has 0 aromatic heterocycles. The van der Waals surface area contributed by atoms with Crippen LogP contribution in [0.5, 0.6) is 0 Å². The summed E-state index contributed by atoms with van der Waals surface area (Å²) in [7, 11) is 0. The molecule has 2 aromatic rings. The molecule has 3 rings (SSSR count). The van der Waals surface area contributed by atoms with Crippen LogP contribution in [-0.4, -0.2) is 22.6 Å². The smallest absolute Gasteiger partial charge is 0.261 e. The molecule has 1 aliphatic rings. The predicted molar refractivity (Wildman–Crippen MR) is 87.4 cm³/mol. The average Bonchev–Trinajstić information content (AvgIpc) is 2.53. The first-order valence-corrected chi connectivity index (χ1v) is 7.76. The van der Waals surface area contributed by atoms with Gasteiger partial charge in [0.2, 0.25) is 11.8 Å². The van der Waals surface area contributed by atoms with Crippen molar-refractivity contribution >= 4 is 33.7 Å². The van der Waals surface area contributed by atoms with Crippen molar-refractivity contribution in [2.24, 2.45) is 5.73 Å². The Labute approximate surface area is 141 Å². The maximum atomic E-state index is 12.6. The molecule has 116 valence electrons. The van der Waals surface area contributed by atoms with Gasteiger partial charge in [0.1, 0.15) is 5.92 Å². The van der Waals surface area contributed by atoms with E-state index in [1.165, 1.54) is 0 Å². The maximum absolute atomic E-state index is 12.6. The lowest BCUT2D eigenvalue weighted by Crippen LogP contribution is -2.47. The molecule has 0 radical (unpaired) electrons. The molecule has 1 unspecified atom stereocenters. The van der Waals surface area contributed by atoms with Crippen LogP contribution in [0.2, 0.25) is 0 Å². The van der Waals surface area contributed by atoms with E-state index >= 15 is 0 Å². The van der Waals surface area contributed by atoms with Crippen LogP contribution in [0.1, 0.15) is 27.4 Å². The van der Waals surface area contributed by atoms with Gasteiger partial charge in [-0.3, -0.25) is 19.3 Å². The van der Waals surface area contributed by atoms with Crippen LogP contribution in [0, 0.1) is 0 Å². The Hall–Kier alpha value is -2.47. The van der Waals surface area contributed by atoms with E-state index in [0.717, 1.165) is 14.9 Å². The number of nitrogens with zero attached hydrogens (tertiary/aromatic N) is 1. The van der Waals surface area contributed by atoms with E-state index in [1.807, 2.05) is 24.3 Å². The monoisotopic (exact) mass is 372 g/mol. The van der Waals surface area contributed by atoms with Crippen molar-refractivity contribution in [3.8, 4) is 0 Å². The second kappa shape index (κ2) is 5.96. The summed E-state index contributed by atoms with van der Waals surface area (Å²) >= 11 is 3.34. The molecule has 3 amide bonds. The lowest BCUT2D eigenvalue weighted by atomic mass is 9.87. The second-order valence-corrected chi connectivity index (χ2v) is 6.19. The summed E-state index contributed by atoms with van der Waals surface area (Å²) in [4.78, 5) is 38.0. The van der Waals surface area contributed by atoms with E-state index in [2.05, 4.69) is 15.9 Å². The lowest BCUT2D eigenvalue weighted by molar-refractivity contribution is -0.136. The quantitative estimate of drug-likeness (QED) is 0.662. The largest absolute Gasteiger partial charge is 0.369 e. The van der Waals surface area contributed by atoms with Crippen molar-refractivity contribution in [2.75, 3.05) is 0 Å². The number of carbonyl (C=O) groups is 3. The minimum absolute atomic E-state index is 0.100. The predicted octanol–water partition coefficient (Wildman–Crippen LogP) is 2.20. The standard InChI is InChI=1S/C17H13BrN2O3/c18-11-7-5-10(6-8-11)9-20-16(22)13-4-2-1-3-12(13)14(15(19)21)17(20)23/h1-8,14H,9H2,(H2,19,21). The minimum atomic E-state index is -1.13. The maximum Gasteiger partial charge on any atom is 0.261 e. The van der Waals surface area contributed by atoms with Crippen LogP contribution < -0.4 is 5.73 Å². The fourth-order valence-corrected chi connectivity index (χ4v) is 2.94. The number of carbonyl (C=O) groups excluding carboxylic acids is 3. The van der Waals surface area contributed by atoms with Gasteiger partial charge in [0, 0.05) is 10.0 Å². The topological polar surface area (TPSA) is 80.5 Å². The number of halogens is 1. The molecule has 1 atom stereocenters. The Balaban J connectivity index is 2.01. The van der Waals surface area contributed by atoms with E-state index in [9.17, 15) is 14.4 Å². The highest BCUT2D eigenvalue weighted by atomic mass is 79.9. The fraction of sp³-hybridized carbons (Fsp3) is 0.118. The van der Waals surface area contributed by atoms with Crippen LogP contribution in [-0.2, 0) is 16.1 Å². The zero-order valence-electron chi connectivity index (χ0n) is 12.0. The molecule has 1 aliphatic heterocycles. The van der Waals surface area contributed by atoms with E-state index < -0.39 is 23.6 Å². The summed E-state index contributed by atoms with van der Waals surface area (Å²) in [6, 6.07) is 13.9. The van der Waals surface area contributed by atoms with Crippen LogP contribution in [0.3, 0.4) is 0 Å². The Morgan fingerprint density at radius 1 is 1.09 bits per heavy atom. The van der Waals surface area contributed by atoms with Gasteiger partial charge in [-0.15, -0.1) is 0 Å². The van der Waals surface area contributed by atoms with Crippen molar-refractivity contribution in [1.82, 2.24) is 4.90 Å². The highest BCUT2D eigenvalue weighted by Crippen LogP contribution is 2.30. The van der Waals surface area contributed by atoms with Crippen LogP contribution in [0.4, 0.5) is 0 Å². The third kappa shape index (κ3) is 2.77. The lowest BCUT2D eigenvalue weighted by Gasteiger charge is -2.31. The highest BCUT2D eigenvalue weighted by molar-refractivity contribution is 9.10. The number of rotatable bonds is 3. The average molecular weight is 373 g/mol. The molecule has 0 saturated carbocycles. The van der Waals surface area contributed by atoms with Crippen molar-refractivity contribution in [3.05, 3.63) is 69.7 Å². The van der Waals surface area contributed by atoms with Gasteiger partial charge in [0.05, 0.1) is 6.54 Å². The van der Waals surface area contributed by atoms with Gasteiger partial charge in [-0.05, 0) is 29.3 Å². The molecule has 5 nitrogen and oxygen atoms in total. The molecule has 0 spiro atoms.